The minimum Gasteiger partial charge on any atom is -0.508 e. The lowest BCUT2D eigenvalue weighted by atomic mass is 9.98. The second kappa shape index (κ2) is 4.09. The number of aromatic hydroxyl groups is 1. The highest BCUT2D eigenvalue weighted by molar-refractivity contribution is 5.78. The zero-order chi connectivity index (χ0) is 13.6. The Balaban J connectivity index is 2.43. The summed E-state index contributed by atoms with van der Waals surface area (Å²) in [6, 6.07) is 7.78. The maximum absolute atomic E-state index is 11.7. The predicted molar refractivity (Wildman–Crippen MR) is 72.7 cm³/mol. The van der Waals surface area contributed by atoms with Gasteiger partial charge < -0.3 is 9.52 Å². The number of hydrogen-bond donors (Lipinski definition) is 1. The lowest BCUT2D eigenvalue weighted by Crippen LogP contribution is -2.06. The van der Waals surface area contributed by atoms with Crippen molar-refractivity contribution in [3.05, 3.63) is 46.1 Å². The SMILES string of the molecule is CC(C)c1cc(=O)cc2oc3cc(O)ccc3nc1-2. The monoisotopic (exact) mass is 255 g/mol. The van der Waals surface area contributed by atoms with E-state index in [1.807, 2.05) is 13.8 Å². The molecule has 0 saturated heterocycles. The molecular formula is C15H13NO3. The normalized spacial score (nSPS) is 11.5. The molecule has 0 atom stereocenters. The van der Waals surface area contributed by atoms with Crippen molar-refractivity contribution in [3.63, 3.8) is 0 Å². The van der Waals surface area contributed by atoms with Crippen LogP contribution in [0.4, 0.5) is 0 Å². The van der Waals surface area contributed by atoms with Crippen LogP contribution in [0.25, 0.3) is 22.6 Å². The van der Waals surface area contributed by atoms with Crippen LogP contribution in [0, 0.1) is 0 Å². The number of rotatable bonds is 1. The van der Waals surface area contributed by atoms with E-state index in [9.17, 15) is 9.90 Å². The Hall–Kier alpha value is -2.36. The van der Waals surface area contributed by atoms with Crippen molar-refractivity contribution in [3.8, 4) is 17.2 Å². The molecule has 1 heterocycles. The number of aromatic nitrogens is 1. The van der Waals surface area contributed by atoms with E-state index in [-0.39, 0.29) is 17.1 Å². The largest absolute Gasteiger partial charge is 0.508 e. The molecule has 0 spiro atoms. The van der Waals surface area contributed by atoms with Crippen molar-refractivity contribution in [2.45, 2.75) is 19.8 Å². The zero-order valence-corrected chi connectivity index (χ0v) is 10.7. The fourth-order valence-electron chi connectivity index (χ4n) is 2.16. The van der Waals surface area contributed by atoms with Gasteiger partial charge in [0.1, 0.15) is 17.0 Å². The van der Waals surface area contributed by atoms with Crippen LogP contribution in [-0.2, 0) is 0 Å². The number of nitrogens with zero attached hydrogens (tertiary/aromatic N) is 1. The van der Waals surface area contributed by atoms with Crippen LogP contribution in [0.5, 0.6) is 5.75 Å². The molecule has 0 bridgehead atoms. The van der Waals surface area contributed by atoms with Gasteiger partial charge in [-0.25, -0.2) is 4.98 Å². The molecule has 19 heavy (non-hydrogen) atoms. The lowest BCUT2D eigenvalue weighted by Gasteiger charge is -2.13. The third-order valence-corrected chi connectivity index (χ3v) is 3.10. The second-order valence-corrected chi connectivity index (χ2v) is 4.88. The van der Waals surface area contributed by atoms with Crippen molar-refractivity contribution in [2.75, 3.05) is 0 Å². The van der Waals surface area contributed by atoms with Crippen molar-refractivity contribution < 1.29 is 9.52 Å². The number of benzene rings is 2. The van der Waals surface area contributed by atoms with E-state index in [2.05, 4.69) is 4.98 Å². The van der Waals surface area contributed by atoms with E-state index in [1.165, 1.54) is 12.1 Å². The molecule has 1 N–H and O–H groups in total. The first kappa shape index (κ1) is 11.7. The first-order valence-corrected chi connectivity index (χ1v) is 6.12. The first-order valence-electron chi connectivity index (χ1n) is 6.12. The van der Waals surface area contributed by atoms with Gasteiger partial charge in [-0.3, -0.25) is 4.79 Å². The zero-order valence-electron chi connectivity index (χ0n) is 10.7. The van der Waals surface area contributed by atoms with Crippen LogP contribution in [0.15, 0.2) is 39.5 Å². The number of fused-ring (bicyclic) bond motifs is 2. The molecule has 96 valence electrons. The van der Waals surface area contributed by atoms with Crippen molar-refractivity contribution in [2.24, 2.45) is 0 Å². The van der Waals surface area contributed by atoms with Crippen LogP contribution >= 0.6 is 0 Å². The van der Waals surface area contributed by atoms with Crippen LogP contribution in [0.2, 0.25) is 0 Å². The average Bonchev–Trinajstić information content (AvgIpc) is 2.35. The quantitative estimate of drug-likeness (QED) is 0.678. The van der Waals surface area contributed by atoms with Gasteiger partial charge in [-0.2, -0.15) is 0 Å². The molecule has 0 radical (unpaired) electrons. The Morgan fingerprint density at radius 2 is 2.00 bits per heavy atom. The summed E-state index contributed by atoms with van der Waals surface area (Å²) in [6.07, 6.45) is 0. The fourth-order valence-corrected chi connectivity index (χ4v) is 2.16. The van der Waals surface area contributed by atoms with Crippen LogP contribution < -0.4 is 5.43 Å². The van der Waals surface area contributed by atoms with Gasteiger partial charge in [-0.05, 0) is 29.7 Å². The molecule has 0 saturated carbocycles. The number of phenols is 1. The summed E-state index contributed by atoms with van der Waals surface area (Å²) < 4.78 is 5.68. The number of hydrogen-bond acceptors (Lipinski definition) is 4. The van der Waals surface area contributed by atoms with Crippen LogP contribution in [0.1, 0.15) is 25.3 Å². The van der Waals surface area contributed by atoms with E-state index in [1.54, 1.807) is 18.2 Å². The van der Waals surface area contributed by atoms with Gasteiger partial charge in [0, 0.05) is 12.1 Å². The van der Waals surface area contributed by atoms with Gasteiger partial charge in [0.05, 0.1) is 0 Å². The predicted octanol–water partition coefficient (Wildman–Crippen LogP) is 3.12. The van der Waals surface area contributed by atoms with Gasteiger partial charge in [0.2, 0.25) is 0 Å². The summed E-state index contributed by atoms with van der Waals surface area (Å²) >= 11 is 0. The molecule has 1 aliphatic heterocycles. The maximum Gasteiger partial charge on any atom is 0.182 e. The molecule has 1 aliphatic carbocycles. The molecule has 0 amide bonds. The molecule has 2 aliphatic rings. The minimum atomic E-state index is -0.0961. The summed E-state index contributed by atoms with van der Waals surface area (Å²) in [5, 5.41) is 9.45. The molecule has 3 rings (SSSR count). The molecule has 0 fully saturated rings. The summed E-state index contributed by atoms with van der Waals surface area (Å²) in [5.74, 6) is 0.753. The average molecular weight is 255 g/mol. The third-order valence-electron chi connectivity index (χ3n) is 3.10. The Labute approximate surface area is 109 Å². The number of phenolic OH excluding ortho intramolecular Hbond substituents is 1. The summed E-state index contributed by atoms with van der Waals surface area (Å²) in [7, 11) is 0. The highest BCUT2D eigenvalue weighted by atomic mass is 16.3. The van der Waals surface area contributed by atoms with Crippen molar-refractivity contribution >= 4 is 11.1 Å². The standard InChI is InChI=1S/C15H13NO3/c1-8(2)11-5-10(18)7-14-15(11)16-12-4-3-9(17)6-13(12)19-14/h3-8,17H,1-2H3. The molecular weight excluding hydrogens is 242 g/mol. The summed E-state index contributed by atoms with van der Waals surface area (Å²) in [6.45, 7) is 4.02. The van der Waals surface area contributed by atoms with Crippen LogP contribution in [0.3, 0.4) is 0 Å². The van der Waals surface area contributed by atoms with Crippen molar-refractivity contribution in [1.29, 1.82) is 0 Å². The van der Waals surface area contributed by atoms with E-state index < -0.39 is 0 Å². The van der Waals surface area contributed by atoms with Gasteiger partial charge in [0.15, 0.2) is 16.8 Å². The second-order valence-electron chi connectivity index (χ2n) is 4.88. The van der Waals surface area contributed by atoms with E-state index >= 15 is 0 Å². The van der Waals surface area contributed by atoms with Gasteiger partial charge in [0.25, 0.3) is 0 Å². The fraction of sp³-hybridized carbons (Fsp3) is 0.200. The molecule has 4 nitrogen and oxygen atoms in total. The first-order chi connectivity index (χ1) is 9.04. The molecule has 1 aromatic rings. The highest BCUT2D eigenvalue weighted by Crippen LogP contribution is 2.31. The Morgan fingerprint density at radius 1 is 1.21 bits per heavy atom. The third kappa shape index (κ3) is 1.95. The Morgan fingerprint density at radius 3 is 2.74 bits per heavy atom. The topological polar surface area (TPSA) is 63.3 Å². The van der Waals surface area contributed by atoms with Crippen molar-refractivity contribution in [1.82, 2.24) is 4.98 Å². The van der Waals surface area contributed by atoms with E-state index in [0.29, 0.717) is 22.6 Å². The molecule has 0 unspecified atom stereocenters. The summed E-state index contributed by atoms with van der Waals surface area (Å²) in [5.41, 5.74) is 2.61. The van der Waals surface area contributed by atoms with E-state index in [4.69, 9.17) is 4.42 Å². The maximum atomic E-state index is 11.7. The smallest absolute Gasteiger partial charge is 0.182 e. The molecule has 1 aromatic carbocycles. The molecule has 0 aromatic heterocycles. The van der Waals surface area contributed by atoms with Crippen LogP contribution in [-0.4, -0.2) is 10.1 Å². The summed E-state index contributed by atoms with van der Waals surface area (Å²) in [4.78, 5) is 16.2. The van der Waals surface area contributed by atoms with Gasteiger partial charge in [-0.1, -0.05) is 13.8 Å². The highest BCUT2D eigenvalue weighted by Gasteiger charge is 2.17. The Kier molecular flexibility index (Phi) is 2.52. The molecule has 4 heteroatoms. The van der Waals surface area contributed by atoms with Gasteiger partial charge in [-0.15, -0.1) is 0 Å². The Bertz CT molecular complexity index is 789. The van der Waals surface area contributed by atoms with Gasteiger partial charge >= 0.3 is 0 Å². The van der Waals surface area contributed by atoms with E-state index in [0.717, 1.165) is 5.56 Å². The minimum absolute atomic E-state index is 0.0961. The lowest BCUT2D eigenvalue weighted by molar-refractivity contribution is 0.474.